The summed E-state index contributed by atoms with van der Waals surface area (Å²) >= 11 is 0. The Labute approximate surface area is 263 Å². The number of nitrogens with zero attached hydrogens (tertiary/aromatic N) is 3. The number of nitrogens with one attached hydrogen (secondary N) is 2. The highest BCUT2D eigenvalue weighted by atomic mass is 32.2. The number of halogens is 3. The number of amides is 1. The molecule has 0 saturated carbocycles. The van der Waals surface area contributed by atoms with Gasteiger partial charge in [-0.05, 0) is 75.1 Å². The number of hydrogen-bond donors (Lipinski definition) is 2. The number of alkyl halides is 3. The summed E-state index contributed by atoms with van der Waals surface area (Å²) in [4.78, 5) is 23.7. The third kappa shape index (κ3) is 7.54. The van der Waals surface area contributed by atoms with Gasteiger partial charge in [0.1, 0.15) is 10.6 Å². The highest BCUT2D eigenvalue weighted by Gasteiger charge is 2.31. The van der Waals surface area contributed by atoms with E-state index in [1.807, 2.05) is 19.1 Å². The van der Waals surface area contributed by atoms with E-state index in [1.54, 1.807) is 26.8 Å². The van der Waals surface area contributed by atoms with Crippen LogP contribution in [0.2, 0.25) is 0 Å². The Hall–Kier alpha value is -4.76. The molecule has 11 nitrogen and oxygen atoms in total. The predicted octanol–water partition coefficient (Wildman–Crippen LogP) is 6.52. The Morgan fingerprint density at radius 3 is 2.46 bits per heavy atom. The number of carbonyl (C=O) groups is 1. The van der Waals surface area contributed by atoms with Gasteiger partial charge < -0.3 is 10.1 Å². The maximum atomic E-state index is 13.4. The fourth-order valence-corrected chi connectivity index (χ4v) is 5.94. The van der Waals surface area contributed by atoms with Crippen LogP contribution in [-0.4, -0.2) is 35.1 Å². The highest BCUT2D eigenvalue weighted by molar-refractivity contribution is 7.89. The lowest BCUT2D eigenvalue weighted by Crippen LogP contribution is -2.32. The summed E-state index contributed by atoms with van der Waals surface area (Å²) in [5, 5.41) is 18.6. The lowest BCUT2D eigenvalue weighted by Gasteiger charge is -2.17. The van der Waals surface area contributed by atoms with E-state index >= 15 is 0 Å². The Morgan fingerprint density at radius 2 is 1.80 bits per heavy atom. The first-order valence-corrected chi connectivity index (χ1v) is 15.6. The summed E-state index contributed by atoms with van der Waals surface area (Å²) in [5.74, 6) is -1.03. The van der Waals surface area contributed by atoms with E-state index in [9.17, 15) is 36.5 Å². The quantitative estimate of drug-likeness (QED) is 0.138. The normalized spacial score (nSPS) is 12.5. The summed E-state index contributed by atoms with van der Waals surface area (Å²) < 4.78 is 76.3. The minimum Gasteiger partial charge on any atom is -0.437 e. The zero-order valence-electron chi connectivity index (χ0n) is 25.6. The zero-order valence-corrected chi connectivity index (χ0v) is 26.4. The van der Waals surface area contributed by atoms with Crippen molar-refractivity contribution in [3.05, 3.63) is 104 Å². The number of non-ortho nitro benzene ring substituents is 1. The van der Waals surface area contributed by atoms with E-state index in [-0.39, 0.29) is 35.0 Å². The predicted molar refractivity (Wildman–Crippen MR) is 164 cm³/mol. The Balaban J connectivity index is 1.81. The molecule has 0 aliphatic rings. The second-order valence-electron chi connectivity index (χ2n) is 10.8. The van der Waals surface area contributed by atoms with Gasteiger partial charge in [-0.15, -0.1) is 0 Å². The SMILES string of the molecule is CC[C@H](C)NS(=O)(=O)c1cc([N+](=O)[O-])ccc1Oc1c(C)c(C(=O)NCc2cccc(C(F)(F)F)c2)nn1-c1cc(C)ccc1C. The first kappa shape index (κ1) is 34.1. The number of aromatic nitrogens is 2. The zero-order chi connectivity index (χ0) is 34.0. The maximum Gasteiger partial charge on any atom is 0.416 e. The molecule has 1 atom stereocenters. The molecule has 15 heteroatoms. The molecule has 0 saturated heterocycles. The van der Waals surface area contributed by atoms with Crippen LogP contribution in [0.3, 0.4) is 0 Å². The number of hydrogen-bond acceptors (Lipinski definition) is 7. The van der Waals surface area contributed by atoms with Crippen molar-refractivity contribution in [3.8, 4) is 17.3 Å². The molecule has 1 heterocycles. The number of carbonyl (C=O) groups excluding carboxylic acids is 1. The number of aryl methyl sites for hydroxylation is 2. The number of benzene rings is 3. The van der Waals surface area contributed by atoms with Gasteiger partial charge in [0, 0.05) is 30.3 Å². The van der Waals surface area contributed by atoms with Crippen molar-refractivity contribution in [1.82, 2.24) is 19.8 Å². The van der Waals surface area contributed by atoms with E-state index in [2.05, 4.69) is 15.1 Å². The molecule has 0 aliphatic heterocycles. The van der Waals surface area contributed by atoms with Crippen LogP contribution in [0.1, 0.15) is 58.6 Å². The highest BCUT2D eigenvalue weighted by Crippen LogP contribution is 2.36. The molecule has 2 N–H and O–H groups in total. The molecule has 0 bridgehead atoms. The van der Waals surface area contributed by atoms with Crippen LogP contribution in [-0.2, 0) is 22.7 Å². The van der Waals surface area contributed by atoms with E-state index in [0.29, 0.717) is 12.1 Å². The first-order valence-electron chi connectivity index (χ1n) is 14.1. The second-order valence-corrected chi connectivity index (χ2v) is 12.5. The van der Waals surface area contributed by atoms with E-state index in [4.69, 9.17) is 4.74 Å². The fraction of sp³-hybridized carbons (Fsp3) is 0.290. The molecule has 1 amide bonds. The van der Waals surface area contributed by atoms with Crippen LogP contribution in [0.4, 0.5) is 18.9 Å². The van der Waals surface area contributed by atoms with Crippen molar-refractivity contribution >= 4 is 21.6 Å². The third-order valence-corrected chi connectivity index (χ3v) is 8.80. The van der Waals surface area contributed by atoms with Crippen LogP contribution >= 0.6 is 0 Å². The molecule has 244 valence electrons. The van der Waals surface area contributed by atoms with E-state index in [0.717, 1.165) is 41.5 Å². The molecular formula is C31H32F3N5O6S. The topological polar surface area (TPSA) is 145 Å². The standard InChI is InChI=1S/C31H32F3N5O6S/c1-6-20(4)37-46(43,44)27-16-24(39(41)42)12-13-26(27)45-30-21(5)28(36-38(30)25-14-18(2)10-11-19(25)3)29(40)35-17-22-8-7-9-23(15-22)31(32,33)34/h7-16,20,37H,6,17H2,1-5H3,(H,35,40)/t20-/m0/s1. The molecule has 0 unspecified atom stereocenters. The first-order chi connectivity index (χ1) is 21.5. The molecular weight excluding hydrogens is 627 g/mol. The van der Waals surface area contributed by atoms with Crippen LogP contribution in [0.25, 0.3) is 5.69 Å². The van der Waals surface area contributed by atoms with Gasteiger partial charge >= 0.3 is 6.18 Å². The van der Waals surface area contributed by atoms with Crippen molar-refractivity contribution in [2.75, 3.05) is 0 Å². The molecule has 1 aromatic heterocycles. The van der Waals surface area contributed by atoms with Crippen LogP contribution < -0.4 is 14.8 Å². The lowest BCUT2D eigenvalue weighted by atomic mass is 10.1. The van der Waals surface area contributed by atoms with E-state index in [1.165, 1.54) is 23.7 Å². The maximum absolute atomic E-state index is 13.4. The van der Waals surface area contributed by atoms with Gasteiger partial charge in [-0.1, -0.05) is 31.2 Å². The summed E-state index contributed by atoms with van der Waals surface area (Å²) in [6.07, 6.45) is -4.11. The molecule has 3 aromatic carbocycles. The minimum atomic E-state index is -4.55. The van der Waals surface area contributed by atoms with Gasteiger partial charge in [-0.25, -0.2) is 13.1 Å². The number of rotatable bonds is 11. The smallest absolute Gasteiger partial charge is 0.416 e. The van der Waals surface area contributed by atoms with Crippen molar-refractivity contribution in [3.63, 3.8) is 0 Å². The summed E-state index contributed by atoms with van der Waals surface area (Å²) in [6.45, 7) is 8.31. The summed E-state index contributed by atoms with van der Waals surface area (Å²) in [7, 11) is -4.31. The van der Waals surface area contributed by atoms with E-state index < -0.39 is 49.2 Å². The number of nitro benzene ring substituents is 1. The molecule has 0 radical (unpaired) electrons. The second kappa shape index (κ2) is 13.3. The van der Waals surface area contributed by atoms with Gasteiger partial charge in [0.25, 0.3) is 11.6 Å². The monoisotopic (exact) mass is 659 g/mol. The van der Waals surface area contributed by atoms with Gasteiger partial charge in [0.2, 0.25) is 15.9 Å². The van der Waals surface area contributed by atoms with Crippen molar-refractivity contribution in [2.45, 2.75) is 64.7 Å². The molecule has 4 aromatic rings. The van der Waals surface area contributed by atoms with Gasteiger partial charge in [0.05, 0.1) is 16.2 Å². The van der Waals surface area contributed by atoms with Crippen LogP contribution in [0.5, 0.6) is 11.6 Å². The lowest BCUT2D eigenvalue weighted by molar-refractivity contribution is -0.385. The molecule has 4 rings (SSSR count). The number of ether oxygens (including phenoxy) is 1. The fourth-order valence-electron chi connectivity index (χ4n) is 4.47. The number of nitro groups is 1. The van der Waals surface area contributed by atoms with Crippen LogP contribution in [0.15, 0.2) is 65.6 Å². The molecule has 0 spiro atoms. The summed E-state index contributed by atoms with van der Waals surface area (Å²) in [6, 6.07) is 12.6. The average molecular weight is 660 g/mol. The average Bonchev–Trinajstić information content (AvgIpc) is 3.31. The minimum absolute atomic E-state index is 0.0493. The van der Waals surface area contributed by atoms with Gasteiger partial charge in [0.15, 0.2) is 5.69 Å². The Bertz CT molecular complexity index is 1910. The molecule has 0 fully saturated rings. The van der Waals surface area contributed by atoms with Crippen molar-refractivity contribution in [1.29, 1.82) is 0 Å². The van der Waals surface area contributed by atoms with Crippen molar-refractivity contribution < 1.29 is 36.0 Å². The van der Waals surface area contributed by atoms with Crippen molar-refractivity contribution in [2.24, 2.45) is 0 Å². The molecule has 0 aliphatic carbocycles. The summed E-state index contributed by atoms with van der Waals surface area (Å²) in [5.41, 5.74) is 0.981. The van der Waals surface area contributed by atoms with Gasteiger partial charge in [-0.2, -0.15) is 23.0 Å². The molecule has 46 heavy (non-hydrogen) atoms. The third-order valence-electron chi connectivity index (χ3n) is 7.19. The van der Waals surface area contributed by atoms with Crippen LogP contribution in [0, 0.1) is 30.9 Å². The Kier molecular flexibility index (Phi) is 9.87. The number of sulfonamides is 1. The Morgan fingerprint density at radius 1 is 1.09 bits per heavy atom. The van der Waals surface area contributed by atoms with Gasteiger partial charge in [-0.3, -0.25) is 14.9 Å². The largest absolute Gasteiger partial charge is 0.437 e.